The molecule has 1 unspecified atom stereocenters. The number of likely N-dealkylation sites (N-methyl/N-ethyl adjacent to an activating group) is 1. The maximum Gasteiger partial charge on any atom is 0.274 e. The quantitative estimate of drug-likeness (QED) is 0.571. The highest BCUT2D eigenvalue weighted by Crippen LogP contribution is 2.19. The fourth-order valence-electron chi connectivity index (χ4n) is 4.28. The van der Waals surface area contributed by atoms with Crippen LogP contribution in [-0.2, 0) is 17.9 Å². The number of nitrogens with one attached hydrogen (secondary N) is 1. The molecule has 0 saturated carbocycles. The van der Waals surface area contributed by atoms with Gasteiger partial charge in [-0.3, -0.25) is 19.1 Å². The largest absolute Gasteiger partial charge is 0.348 e. The fraction of sp³-hybridized carbons (Fsp3) is 0.333. The Balaban J connectivity index is 1.42. The summed E-state index contributed by atoms with van der Waals surface area (Å²) in [6.45, 7) is 5.52. The highest BCUT2D eigenvalue weighted by atomic mass is 16.2. The standard InChI is InChI=1S/C27H31N5O3/c1-19-10-7-8-13-22(19)17-31-14-9-15-32-24(27(31)35)16-23(29-32)26(34)30(3)18-25(33)28-20(2)21-11-5-4-6-12-21/h4-8,10-13,16,20H,9,14-15,17-18H2,1-3H3,(H,28,33). The van der Waals surface area contributed by atoms with E-state index in [1.54, 1.807) is 22.7 Å². The van der Waals surface area contributed by atoms with Crippen LogP contribution in [0.3, 0.4) is 0 Å². The number of aromatic nitrogens is 2. The molecule has 35 heavy (non-hydrogen) atoms. The maximum absolute atomic E-state index is 13.3. The zero-order valence-electron chi connectivity index (χ0n) is 20.4. The lowest BCUT2D eigenvalue weighted by atomic mass is 10.1. The minimum Gasteiger partial charge on any atom is -0.348 e. The lowest BCUT2D eigenvalue weighted by Crippen LogP contribution is -2.39. The van der Waals surface area contributed by atoms with Crippen LogP contribution in [0.1, 0.15) is 57.1 Å². The predicted octanol–water partition coefficient (Wildman–Crippen LogP) is 3.19. The van der Waals surface area contributed by atoms with Crippen molar-refractivity contribution < 1.29 is 14.4 Å². The van der Waals surface area contributed by atoms with Gasteiger partial charge in [-0.05, 0) is 37.0 Å². The molecule has 1 aliphatic rings. The lowest BCUT2D eigenvalue weighted by Gasteiger charge is -2.21. The van der Waals surface area contributed by atoms with Crippen LogP contribution in [0.4, 0.5) is 0 Å². The first kappa shape index (κ1) is 24.2. The average Bonchev–Trinajstić information content (AvgIpc) is 3.22. The van der Waals surface area contributed by atoms with Crippen molar-refractivity contribution in [1.29, 1.82) is 0 Å². The number of nitrogens with zero attached hydrogens (tertiary/aromatic N) is 4. The van der Waals surface area contributed by atoms with Gasteiger partial charge in [0.2, 0.25) is 5.91 Å². The highest BCUT2D eigenvalue weighted by Gasteiger charge is 2.28. The molecule has 2 heterocycles. The second-order valence-corrected chi connectivity index (χ2v) is 9.01. The van der Waals surface area contributed by atoms with E-state index in [0.29, 0.717) is 25.3 Å². The van der Waals surface area contributed by atoms with Crippen LogP contribution in [0.2, 0.25) is 0 Å². The monoisotopic (exact) mass is 473 g/mol. The van der Waals surface area contributed by atoms with Gasteiger partial charge in [0.05, 0.1) is 12.6 Å². The van der Waals surface area contributed by atoms with Crippen molar-refractivity contribution in [3.05, 3.63) is 88.7 Å². The summed E-state index contributed by atoms with van der Waals surface area (Å²) in [5, 5.41) is 7.32. The Labute approximate surface area is 205 Å². The van der Waals surface area contributed by atoms with Gasteiger partial charge in [-0.1, -0.05) is 54.6 Å². The molecule has 8 nitrogen and oxygen atoms in total. The van der Waals surface area contributed by atoms with Crippen molar-refractivity contribution in [1.82, 2.24) is 24.9 Å². The zero-order chi connectivity index (χ0) is 24.9. The summed E-state index contributed by atoms with van der Waals surface area (Å²) < 4.78 is 1.61. The molecule has 1 aromatic heterocycles. The maximum atomic E-state index is 13.3. The van der Waals surface area contributed by atoms with Crippen LogP contribution in [-0.4, -0.2) is 57.4 Å². The molecule has 0 bridgehead atoms. The number of rotatable bonds is 7. The van der Waals surface area contributed by atoms with E-state index < -0.39 is 5.91 Å². The molecule has 0 spiro atoms. The molecular weight excluding hydrogens is 442 g/mol. The minimum absolute atomic E-state index is 0.106. The fourth-order valence-corrected chi connectivity index (χ4v) is 4.28. The van der Waals surface area contributed by atoms with Crippen molar-refractivity contribution in [2.24, 2.45) is 0 Å². The summed E-state index contributed by atoms with van der Waals surface area (Å²) in [5.74, 6) is -0.806. The molecule has 0 aliphatic carbocycles. The van der Waals surface area contributed by atoms with Gasteiger partial charge >= 0.3 is 0 Å². The summed E-state index contributed by atoms with van der Waals surface area (Å²) in [6.07, 6.45) is 0.746. The van der Waals surface area contributed by atoms with Gasteiger partial charge in [0.1, 0.15) is 5.69 Å². The lowest BCUT2D eigenvalue weighted by molar-refractivity contribution is -0.122. The first-order chi connectivity index (χ1) is 16.8. The van der Waals surface area contributed by atoms with Crippen LogP contribution in [0.5, 0.6) is 0 Å². The molecule has 0 radical (unpaired) electrons. The van der Waals surface area contributed by atoms with Crippen molar-refractivity contribution >= 4 is 17.7 Å². The van der Waals surface area contributed by atoms with Gasteiger partial charge in [-0.15, -0.1) is 0 Å². The molecule has 0 fully saturated rings. The molecule has 182 valence electrons. The topological polar surface area (TPSA) is 87.5 Å². The summed E-state index contributed by atoms with van der Waals surface area (Å²) in [6, 6.07) is 19.0. The number of hydrogen-bond acceptors (Lipinski definition) is 4. The molecule has 3 aromatic rings. The van der Waals surface area contributed by atoms with Crippen LogP contribution >= 0.6 is 0 Å². The Morgan fingerprint density at radius 1 is 1.09 bits per heavy atom. The molecule has 8 heteroatoms. The number of amides is 3. The van der Waals surface area contributed by atoms with Crippen molar-refractivity contribution in [3.63, 3.8) is 0 Å². The van der Waals surface area contributed by atoms with E-state index in [1.165, 1.54) is 4.90 Å². The summed E-state index contributed by atoms with van der Waals surface area (Å²) in [4.78, 5) is 41.9. The molecule has 2 aromatic carbocycles. The first-order valence-corrected chi connectivity index (χ1v) is 11.8. The van der Waals surface area contributed by atoms with Crippen LogP contribution < -0.4 is 5.32 Å². The third-order valence-corrected chi connectivity index (χ3v) is 6.33. The van der Waals surface area contributed by atoms with E-state index in [9.17, 15) is 14.4 Å². The van der Waals surface area contributed by atoms with E-state index in [4.69, 9.17) is 0 Å². The second-order valence-electron chi connectivity index (χ2n) is 9.01. The molecular formula is C27H31N5O3. The second kappa shape index (κ2) is 10.5. The summed E-state index contributed by atoms with van der Waals surface area (Å²) in [5.41, 5.74) is 3.78. The Morgan fingerprint density at radius 2 is 1.80 bits per heavy atom. The van der Waals surface area contributed by atoms with Gasteiger partial charge < -0.3 is 15.1 Å². The zero-order valence-corrected chi connectivity index (χ0v) is 20.4. The minimum atomic E-state index is -0.397. The molecule has 3 amide bonds. The van der Waals surface area contributed by atoms with Gasteiger partial charge in [0, 0.05) is 32.7 Å². The third-order valence-electron chi connectivity index (χ3n) is 6.33. The number of fused-ring (bicyclic) bond motifs is 1. The van der Waals surface area contributed by atoms with Crippen molar-refractivity contribution in [3.8, 4) is 0 Å². The number of hydrogen-bond donors (Lipinski definition) is 1. The smallest absolute Gasteiger partial charge is 0.274 e. The summed E-state index contributed by atoms with van der Waals surface area (Å²) >= 11 is 0. The Kier molecular flexibility index (Phi) is 7.29. The van der Waals surface area contributed by atoms with Crippen LogP contribution in [0, 0.1) is 6.92 Å². The molecule has 1 N–H and O–H groups in total. The molecule has 1 aliphatic heterocycles. The normalized spacial score (nSPS) is 14.1. The van der Waals surface area contributed by atoms with E-state index >= 15 is 0 Å². The van der Waals surface area contributed by atoms with E-state index in [-0.39, 0.29) is 30.1 Å². The van der Waals surface area contributed by atoms with Gasteiger partial charge in [-0.2, -0.15) is 5.10 Å². The molecule has 1 atom stereocenters. The molecule has 0 saturated heterocycles. The number of carbonyl (C=O) groups excluding carboxylic acids is 3. The van der Waals surface area contributed by atoms with Gasteiger partial charge in [-0.25, -0.2) is 0 Å². The van der Waals surface area contributed by atoms with E-state index in [2.05, 4.69) is 10.4 Å². The van der Waals surface area contributed by atoms with Crippen molar-refractivity contribution in [2.45, 2.75) is 39.4 Å². The Morgan fingerprint density at radius 3 is 2.54 bits per heavy atom. The van der Waals surface area contributed by atoms with Crippen LogP contribution in [0.15, 0.2) is 60.7 Å². The first-order valence-electron chi connectivity index (χ1n) is 11.8. The number of carbonyl (C=O) groups is 3. The third kappa shape index (κ3) is 5.59. The van der Waals surface area contributed by atoms with Crippen LogP contribution in [0.25, 0.3) is 0 Å². The average molecular weight is 474 g/mol. The highest BCUT2D eigenvalue weighted by molar-refractivity contribution is 5.99. The number of benzene rings is 2. The van der Waals surface area contributed by atoms with E-state index in [1.807, 2.05) is 68.4 Å². The molecule has 4 rings (SSSR count). The Bertz CT molecular complexity index is 1220. The summed E-state index contributed by atoms with van der Waals surface area (Å²) in [7, 11) is 1.56. The number of aryl methyl sites for hydroxylation is 2. The SMILES string of the molecule is Cc1ccccc1CN1CCCn2nc(C(=O)N(C)CC(=O)NC(C)c3ccccc3)cc2C1=O. The van der Waals surface area contributed by atoms with E-state index in [0.717, 1.165) is 23.1 Å². The Hall–Kier alpha value is -3.94. The van der Waals surface area contributed by atoms with Crippen molar-refractivity contribution in [2.75, 3.05) is 20.1 Å². The van der Waals surface area contributed by atoms with Gasteiger partial charge in [0.15, 0.2) is 5.69 Å². The van der Waals surface area contributed by atoms with Gasteiger partial charge in [0.25, 0.3) is 11.8 Å². The predicted molar refractivity (Wildman–Crippen MR) is 133 cm³/mol.